The Bertz CT molecular complexity index is 419. The molecule has 1 saturated heterocycles. The number of nitrogens with zero attached hydrogens (tertiary/aromatic N) is 1. The average molecular weight is 249 g/mol. The molecule has 0 amide bonds. The number of carboxylic acids is 1. The van der Waals surface area contributed by atoms with Crippen LogP contribution in [0.5, 0.6) is 5.75 Å². The summed E-state index contributed by atoms with van der Waals surface area (Å²) in [6, 6.07) is 7.56. The quantitative estimate of drug-likeness (QED) is 0.866. The first kappa shape index (κ1) is 12.9. The van der Waals surface area contributed by atoms with Crippen LogP contribution in [0.25, 0.3) is 0 Å². The van der Waals surface area contributed by atoms with Gasteiger partial charge in [0, 0.05) is 6.54 Å². The highest BCUT2D eigenvalue weighted by molar-refractivity contribution is 5.73. The number of rotatable bonds is 5. The van der Waals surface area contributed by atoms with Gasteiger partial charge in [-0.25, -0.2) is 0 Å². The lowest BCUT2D eigenvalue weighted by Crippen LogP contribution is -2.38. The van der Waals surface area contributed by atoms with Crippen LogP contribution in [0.1, 0.15) is 18.4 Å². The molecule has 0 saturated carbocycles. The van der Waals surface area contributed by atoms with Gasteiger partial charge in [-0.15, -0.1) is 0 Å². The van der Waals surface area contributed by atoms with Crippen LogP contribution in [-0.4, -0.2) is 41.7 Å². The first-order valence-electron chi connectivity index (χ1n) is 6.33. The lowest BCUT2D eigenvalue weighted by molar-refractivity contribution is -0.142. The summed E-state index contributed by atoms with van der Waals surface area (Å²) in [7, 11) is 0. The van der Waals surface area contributed by atoms with E-state index in [-0.39, 0.29) is 6.04 Å². The molecule has 0 spiro atoms. The third kappa shape index (κ3) is 3.23. The van der Waals surface area contributed by atoms with Gasteiger partial charge in [0.2, 0.25) is 0 Å². The molecule has 1 fully saturated rings. The Hall–Kier alpha value is -1.55. The van der Waals surface area contributed by atoms with E-state index < -0.39 is 5.97 Å². The van der Waals surface area contributed by atoms with Gasteiger partial charge in [-0.2, -0.15) is 0 Å². The molecule has 1 aromatic carbocycles. The Kier molecular flexibility index (Phi) is 4.20. The van der Waals surface area contributed by atoms with E-state index in [2.05, 4.69) is 0 Å². The number of ether oxygens (including phenoxy) is 1. The zero-order valence-corrected chi connectivity index (χ0v) is 10.6. The van der Waals surface area contributed by atoms with Crippen molar-refractivity contribution in [3.63, 3.8) is 0 Å². The number of benzene rings is 1. The number of aryl methyl sites for hydroxylation is 1. The Labute approximate surface area is 107 Å². The molecule has 1 heterocycles. The number of aliphatic carboxylic acids is 1. The summed E-state index contributed by atoms with van der Waals surface area (Å²) in [6.07, 6.45) is 1.71. The minimum absolute atomic E-state index is 0.328. The van der Waals surface area contributed by atoms with Gasteiger partial charge in [0.1, 0.15) is 18.4 Å². The van der Waals surface area contributed by atoms with Crippen molar-refractivity contribution < 1.29 is 14.6 Å². The Morgan fingerprint density at radius 2 is 2.39 bits per heavy atom. The van der Waals surface area contributed by atoms with Crippen LogP contribution >= 0.6 is 0 Å². The van der Waals surface area contributed by atoms with Crippen molar-refractivity contribution in [1.29, 1.82) is 0 Å². The maximum absolute atomic E-state index is 11.0. The fourth-order valence-electron chi connectivity index (χ4n) is 2.36. The maximum Gasteiger partial charge on any atom is 0.320 e. The molecule has 0 radical (unpaired) electrons. The lowest BCUT2D eigenvalue weighted by atomic mass is 10.2. The summed E-state index contributed by atoms with van der Waals surface area (Å²) in [5, 5.41) is 9.05. The van der Waals surface area contributed by atoms with Crippen LogP contribution in [0, 0.1) is 6.92 Å². The second kappa shape index (κ2) is 5.87. The first-order valence-corrected chi connectivity index (χ1v) is 6.33. The molecule has 0 unspecified atom stereocenters. The number of hydrogen-bond acceptors (Lipinski definition) is 3. The summed E-state index contributed by atoms with van der Waals surface area (Å²) in [5.74, 6) is 0.129. The number of carbonyl (C=O) groups is 1. The normalized spacial score (nSPS) is 19.9. The van der Waals surface area contributed by atoms with Gasteiger partial charge in [-0.05, 0) is 44.0 Å². The summed E-state index contributed by atoms with van der Waals surface area (Å²) in [5.41, 5.74) is 1.16. The molecule has 98 valence electrons. The minimum Gasteiger partial charge on any atom is -0.492 e. The van der Waals surface area contributed by atoms with Gasteiger partial charge in [0.25, 0.3) is 0 Å². The third-order valence-electron chi connectivity index (χ3n) is 3.29. The van der Waals surface area contributed by atoms with Crippen molar-refractivity contribution in [1.82, 2.24) is 4.90 Å². The van der Waals surface area contributed by atoms with Crippen molar-refractivity contribution >= 4 is 5.97 Å². The van der Waals surface area contributed by atoms with E-state index in [1.807, 2.05) is 36.1 Å². The second-order valence-corrected chi connectivity index (χ2v) is 4.70. The summed E-state index contributed by atoms with van der Waals surface area (Å²) in [4.78, 5) is 13.0. The Morgan fingerprint density at radius 1 is 1.56 bits per heavy atom. The molecule has 0 aromatic heterocycles. The van der Waals surface area contributed by atoms with E-state index in [1.54, 1.807) is 0 Å². The summed E-state index contributed by atoms with van der Waals surface area (Å²) < 4.78 is 5.64. The van der Waals surface area contributed by atoms with Crippen molar-refractivity contribution in [2.45, 2.75) is 25.8 Å². The molecule has 2 rings (SSSR count). The van der Waals surface area contributed by atoms with Crippen molar-refractivity contribution in [3.05, 3.63) is 29.8 Å². The third-order valence-corrected chi connectivity index (χ3v) is 3.29. The van der Waals surface area contributed by atoms with Crippen LogP contribution in [0.3, 0.4) is 0 Å². The lowest BCUT2D eigenvalue weighted by Gasteiger charge is -2.20. The second-order valence-electron chi connectivity index (χ2n) is 4.70. The van der Waals surface area contributed by atoms with Gasteiger partial charge in [0.05, 0.1) is 0 Å². The van der Waals surface area contributed by atoms with E-state index in [0.717, 1.165) is 30.7 Å². The topological polar surface area (TPSA) is 49.8 Å². The van der Waals surface area contributed by atoms with Crippen LogP contribution in [0.2, 0.25) is 0 Å². The van der Waals surface area contributed by atoms with Crippen LogP contribution < -0.4 is 4.74 Å². The molecule has 1 atom stereocenters. The first-order chi connectivity index (χ1) is 8.66. The average Bonchev–Trinajstić information content (AvgIpc) is 2.77. The van der Waals surface area contributed by atoms with E-state index in [4.69, 9.17) is 9.84 Å². The van der Waals surface area contributed by atoms with Gasteiger partial charge in [-0.3, -0.25) is 9.69 Å². The molecule has 0 aliphatic carbocycles. The van der Waals surface area contributed by atoms with Crippen molar-refractivity contribution in [2.75, 3.05) is 19.7 Å². The largest absolute Gasteiger partial charge is 0.492 e. The summed E-state index contributed by atoms with van der Waals surface area (Å²) in [6.45, 7) is 4.08. The molecular weight excluding hydrogens is 230 g/mol. The van der Waals surface area contributed by atoms with Gasteiger partial charge < -0.3 is 9.84 Å². The number of hydrogen-bond donors (Lipinski definition) is 1. The summed E-state index contributed by atoms with van der Waals surface area (Å²) >= 11 is 0. The standard InChI is InChI=1S/C14H19NO3/c1-11-4-2-5-12(10-11)18-9-8-15-7-3-6-13(15)14(16)17/h2,4-5,10,13H,3,6-9H2,1H3,(H,16,17)/t13-/m1/s1. The van der Waals surface area contributed by atoms with Crippen LogP contribution in [0.4, 0.5) is 0 Å². The molecule has 4 nitrogen and oxygen atoms in total. The number of carboxylic acid groups (broad SMARTS) is 1. The highest BCUT2D eigenvalue weighted by Crippen LogP contribution is 2.17. The Morgan fingerprint density at radius 3 is 3.11 bits per heavy atom. The minimum atomic E-state index is -0.719. The van der Waals surface area contributed by atoms with Gasteiger partial charge in [-0.1, -0.05) is 12.1 Å². The Balaban J connectivity index is 1.80. The fraction of sp³-hybridized carbons (Fsp3) is 0.500. The van der Waals surface area contributed by atoms with Gasteiger partial charge in [0.15, 0.2) is 0 Å². The molecule has 1 N–H and O–H groups in total. The molecular formula is C14H19NO3. The molecule has 1 aliphatic rings. The monoisotopic (exact) mass is 249 g/mol. The number of likely N-dealkylation sites (tertiary alicyclic amines) is 1. The molecule has 0 bridgehead atoms. The van der Waals surface area contributed by atoms with E-state index in [0.29, 0.717) is 13.2 Å². The maximum atomic E-state index is 11.0. The fourth-order valence-corrected chi connectivity index (χ4v) is 2.36. The molecule has 1 aliphatic heterocycles. The predicted octanol–water partition coefficient (Wildman–Crippen LogP) is 1.92. The highest BCUT2D eigenvalue weighted by Gasteiger charge is 2.29. The van der Waals surface area contributed by atoms with Crippen LogP contribution in [0.15, 0.2) is 24.3 Å². The van der Waals surface area contributed by atoms with Crippen molar-refractivity contribution in [3.8, 4) is 5.75 Å². The smallest absolute Gasteiger partial charge is 0.320 e. The van der Waals surface area contributed by atoms with Crippen molar-refractivity contribution in [2.24, 2.45) is 0 Å². The predicted molar refractivity (Wildman–Crippen MR) is 68.9 cm³/mol. The van der Waals surface area contributed by atoms with Gasteiger partial charge >= 0.3 is 5.97 Å². The zero-order chi connectivity index (χ0) is 13.0. The van der Waals surface area contributed by atoms with E-state index in [1.165, 1.54) is 0 Å². The van der Waals surface area contributed by atoms with E-state index >= 15 is 0 Å². The molecule has 1 aromatic rings. The van der Waals surface area contributed by atoms with Crippen LogP contribution in [-0.2, 0) is 4.79 Å². The zero-order valence-electron chi connectivity index (χ0n) is 10.6. The van der Waals surface area contributed by atoms with E-state index in [9.17, 15) is 4.79 Å². The highest BCUT2D eigenvalue weighted by atomic mass is 16.5. The molecule has 4 heteroatoms. The SMILES string of the molecule is Cc1cccc(OCCN2CCC[C@@H]2C(=O)O)c1. The molecule has 18 heavy (non-hydrogen) atoms.